The molecule has 1 N–H and O–H groups in total. The summed E-state index contributed by atoms with van der Waals surface area (Å²) in [5.41, 5.74) is -0.359. The molecule has 9 heteroatoms. The maximum atomic E-state index is 14.8. The number of hydrogen-bond acceptors (Lipinski definition) is 7. The van der Waals surface area contributed by atoms with Crippen molar-refractivity contribution in [1.29, 1.82) is 0 Å². The Labute approximate surface area is 244 Å². The first kappa shape index (κ1) is 31.0. The lowest BCUT2D eigenvalue weighted by molar-refractivity contribution is -0.160. The first-order valence-electron chi connectivity index (χ1n) is 15.2. The van der Waals surface area contributed by atoms with Gasteiger partial charge in [0.1, 0.15) is 17.6 Å². The number of carbonyl (C=O) groups is 3. The molecule has 0 aromatic heterocycles. The normalized spacial score (nSPS) is 29.7. The molecular weight excluding hydrogens is 522 g/mol. The van der Waals surface area contributed by atoms with Crippen LogP contribution in [0.5, 0.6) is 0 Å². The van der Waals surface area contributed by atoms with Crippen molar-refractivity contribution in [3.8, 4) is 0 Å². The summed E-state index contributed by atoms with van der Waals surface area (Å²) in [6.07, 6.45) is 3.37. The minimum atomic E-state index is -1.19. The van der Waals surface area contributed by atoms with Gasteiger partial charge in [-0.15, -0.1) is 6.58 Å². The average molecular weight is 570 g/mol. The van der Waals surface area contributed by atoms with Crippen molar-refractivity contribution in [3.05, 3.63) is 36.9 Å². The van der Waals surface area contributed by atoms with Gasteiger partial charge in [-0.05, 0) is 70.7 Å². The van der Waals surface area contributed by atoms with Gasteiger partial charge in [0.05, 0.1) is 30.8 Å². The Kier molecular flexibility index (Phi) is 9.19. The van der Waals surface area contributed by atoms with Crippen LogP contribution in [0.25, 0.3) is 0 Å². The van der Waals surface area contributed by atoms with E-state index in [2.05, 4.69) is 25.3 Å². The van der Waals surface area contributed by atoms with Crippen molar-refractivity contribution in [2.24, 2.45) is 17.8 Å². The van der Waals surface area contributed by atoms with Crippen LogP contribution in [-0.4, -0.2) is 83.9 Å². The third-order valence-electron chi connectivity index (χ3n) is 9.70. The van der Waals surface area contributed by atoms with E-state index in [1.807, 2.05) is 45.0 Å². The fraction of sp³-hybridized carbons (Fsp3) is 0.656. The molecule has 3 fully saturated rings. The lowest BCUT2D eigenvalue weighted by Gasteiger charge is -2.41. The van der Waals surface area contributed by atoms with Gasteiger partial charge in [0.25, 0.3) is 5.91 Å². The second kappa shape index (κ2) is 12.1. The average Bonchev–Trinajstić information content (AvgIpc) is 3.54. The van der Waals surface area contributed by atoms with Gasteiger partial charge in [0, 0.05) is 31.0 Å². The Morgan fingerprint density at radius 3 is 2.34 bits per heavy atom. The summed E-state index contributed by atoms with van der Waals surface area (Å²) in [5.74, 6) is -2.84. The maximum Gasteiger partial charge on any atom is 0.312 e. The fourth-order valence-corrected chi connectivity index (χ4v) is 7.44. The Bertz CT molecular complexity index is 1140. The molecule has 9 nitrogen and oxygen atoms in total. The highest BCUT2D eigenvalue weighted by molar-refractivity contribution is 6.05. The summed E-state index contributed by atoms with van der Waals surface area (Å²) in [7, 11) is 0. The number of rotatable bonds is 13. The van der Waals surface area contributed by atoms with Crippen LogP contribution in [0.2, 0.25) is 0 Å². The number of hydrogen-bond donors (Lipinski definition) is 1. The van der Waals surface area contributed by atoms with Crippen molar-refractivity contribution in [2.45, 2.75) is 84.1 Å². The standard InChI is InChI=1S/C32H47N3O6/c1-8-19-34(23-15-13-22(14-16-23)33(10-3)11-4)29(38)27-32-18-17-31(7,41-32)26(30(39)40-12-5)25(32)28(37)35(27)24(20-36)21(6)9-2/h8,13-16,21,24-27,36H,1,9-12,17-20H2,2-7H3/t21-,24-,25-,26-,27?,31+,32?/m0/s1. The number of aliphatic hydroxyl groups is 1. The lowest BCUT2D eigenvalue weighted by atomic mass is 9.66. The SMILES string of the molecule is C=CCN(C(=O)C1N([C@@H](CO)[C@@H](C)CC)C(=O)[C@@H]2[C@@H](C(=O)OCC)[C@@]3(C)CCC12O3)c1ccc(N(CC)CC)cc1. The fourth-order valence-electron chi connectivity index (χ4n) is 7.44. The number of fused-ring (bicyclic) bond motifs is 1. The first-order valence-corrected chi connectivity index (χ1v) is 15.2. The zero-order chi connectivity index (χ0) is 30.1. The zero-order valence-electron chi connectivity index (χ0n) is 25.5. The molecule has 226 valence electrons. The van der Waals surface area contributed by atoms with Gasteiger partial charge >= 0.3 is 5.97 Å². The summed E-state index contributed by atoms with van der Waals surface area (Å²) >= 11 is 0. The van der Waals surface area contributed by atoms with E-state index >= 15 is 0 Å². The van der Waals surface area contributed by atoms with E-state index in [-0.39, 0.29) is 37.5 Å². The molecule has 0 radical (unpaired) electrons. The van der Waals surface area contributed by atoms with E-state index in [1.54, 1.807) is 22.8 Å². The highest BCUT2D eigenvalue weighted by atomic mass is 16.6. The van der Waals surface area contributed by atoms with Crippen LogP contribution in [-0.2, 0) is 23.9 Å². The lowest BCUT2D eigenvalue weighted by Crippen LogP contribution is -2.60. The number of amides is 2. The number of nitrogens with zero attached hydrogens (tertiary/aromatic N) is 3. The highest BCUT2D eigenvalue weighted by Crippen LogP contribution is 2.64. The topological polar surface area (TPSA) is 99.6 Å². The van der Waals surface area contributed by atoms with Gasteiger partial charge in [0.15, 0.2) is 0 Å². The number of benzene rings is 1. The van der Waals surface area contributed by atoms with Crippen LogP contribution in [0.15, 0.2) is 36.9 Å². The van der Waals surface area contributed by atoms with Crippen molar-refractivity contribution < 1.29 is 29.0 Å². The predicted octanol–water partition coefficient (Wildman–Crippen LogP) is 3.79. The maximum absolute atomic E-state index is 14.8. The third kappa shape index (κ3) is 4.95. The molecule has 2 amide bonds. The number of aliphatic hydroxyl groups excluding tert-OH is 1. The van der Waals surface area contributed by atoms with Gasteiger partial charge in [-0.1, -0.05) is 26.3 Å². The van der Waals surface area contributed by atoms with E-state index in [4.69, 9.17) is 9.47 Å². The quantitative estimate of drug-likeness (QED) is 0.285. The van der Waals surface area contributed by atoms with Gasteiger partial charge in [-0.25, -0.2) is 0 Å². The molecule has 2 bridgehead atoms. The Hall–Kier alpha value is -2.91. The number of likely N-dealkylation sites (tertiary alicyclic amines) is 1. The van der Waals surface area contributed by atoms with E-state index in [0.717, 1.165) is 18.8 Å². The number of carbonyl (C=O) groups excluding carboxylic acids is 3. The molecule has 41 heavy (non-hydrogen) atoms. The van der Waals surface area contributed by atoms with Crippen LogP contribution in [0, 0.1) is 17.8 Å². The van der Waals surface area contributed by atoms with E-state index in [0.29, 0.717) is 24.9 Å². The van der Waals surface area contributed by atoms with E-state index < -0.39 is 41.1 Å². The number of anilines is 2. The molecule has 1 spiro atoms. The largest absolute Gasteiger partial charge is 0.466 e. The van der Waals surface area contributed by atoms with Crippen molar-refractivity contribution >= 4 is 29.2 Å². The minimum absolute atomic E-state index is 0.0792. The Morgan fingerprint density at radius 2 is 1.80 bits per heavy atom. The molecular formula is C32H47N3O6. The van der Waals surface area contributed by atoms with Crippen molar-refractivity contribution in [2.75, 3.05) is 42.6 Å². The molecule has 3 aliphatic rings. The van der Waals surface area contributed by atoms with Gasteiger partial charge in [-0.3, -0.25) is 14.4 Å². The molecule has 3 aliphatic heterocycles. The summed E-state index contributed by atoms with van der Waals surface area (Å²) in [6.45, 7) is 17.5. The van der Waals surface area contributed by atoms with Crippen LogP contribution < -0.4 is 9.80 Å². The summed E-state index contributed by atoms with van der Waals surface area (Å²) in [5, 5.41) is 10.6. The second-order valence-electron chi connectivity index (χ2n) is 11.8. The molecule has 3 saturated heterocycles. The van der Waals surface area contributed by atoms with Crippen LogP contribution in [0.1, 0.15) is 60.8 Å². The van der Waals surface area contributed by atoms with Gasteiger partial charge in [-0.2, -0.15) is 0 Å². The smallest absolute Gasteiger partial charge is 0.312 e. The van der Waals surface area contributed by atoms with Gasteiger partial charge < -0.3 is 29.3 Å². The molecule has 0 aliphatic carbocycles. The van der Waals surface area contributed by atoms with E-state index in [1.165, 1.54) is 0 Å². The molecule has 3 heterocycles. The van der Waals surface area contributed by atoms with E-state index in [9.17, 15) is 19.5 Å². The molecule has 1 aromatic rings. The monoisotopic (exact) mass is 569 g/mol. The second-order valence-corrected chi connectivity index (χ2v) is 11.8. The molecule has 0 saturated carbocycles. The van der Waals surface area contributed by atoms with Crippen LogP contribution in [0.4, 0.5) is 11.4 Å². The zero-order valence-corrected chi connectivity index (χ0v) is 25.5. The molecule has 7 atom stereocenters. The summed E-state index contributed by atoms with van der Waals surface area (Å²) in [6, 6.07) is 6.22. The predicted molar refractivity (Wildman–Crippen MR) is 159 cm³/mol. The van der Waals surface area contributed by atoms with Crippen LogP contribution >= 0.6 is 0 Å². The molecule has 2 unspecified atom stereocenters. The Balaban J connectivity index is 1.82. The summed E-state index contributed by atoms with van der Waals surface area (Å²) in [4.78, 5) is 47.9. The Morgan fingerprint density at radius 1 is 1.17 bits per heavy atom. The van der Waals surface area contributed by atoms with Crippen molar-refractivity contribution in [3.63, 3.8) is 0 Å². The van der Waals surface area contributed by atoms with Crippen LogP contribution in [0.3, 0.4) is 0 Å². The number of esters is 1. The first-order chi connectivity index (χ1) is 19.6. The molecule has 4 rings (SSSR count). The minimum Gasteiger partial charge on any atom is -0.466 e. The number of ether oxygens (including phenoxy) is 2. The molecule has 1 aromatic carbocycles. The van der Waals surface area contributed by atoms with Gasteiger partial charge in [0.2, 0.25) is 5.91 Å². The third-order valence-corrected chi connectivity index (χ3v) is 9.70. The summed E-state index contributed by atoms with van der Waals surface area (Å²) < 4.78 is 12.1. The highest BCUT2D eigenvalue weighted by Gasteiger charge is 2.79. The van der Waals surface area contributed by atoms with Crippen molar-refractivity contribution in [1.82, 2.24) is 4.90 Å².